The average molecular weight is 191 g/mol. The van der Waals surface area contributed by atoms with Crippen molar-refractivity contribution in [2.45, 2.75) is 20.3 Å². The van der Waals surface area contributed by atoms with Gasteiger partial charge in [0.15, 0.2) is 0 Å². The quantitative estimate of drug-likeness (QED) is 0.435. The zero-order valence-electron chi connectivity index (χ0n) is 8.80. The van der Waals surface area contributed by atoms with Crippen molar-refractivity contribution in [1.29, 1.82) is 0 Å². The Labute approximate surface area is 80.2 Å². The van der Waals surface area contributed by atoms with Crippen LogP contribution in [-0.4, -0.2) is 38.6 Å². The second-order valence-corrected chi connectivity index (χ2v) is 3.48. The Morgan fingerprint density at radius 3 is 2.54 bits per heavy atom. The van der Waals surface area contributed by atoms with E-state index in [2.05, 4.69) is 5.48 Å². The first-order chi connectivity index (χ1) is 6.18. The molecule has 0 fully saturated rings. The Bertz CT molecular complexity index is 115. The highest BCUT2D eigenvalue weighted by Crippen LogP contribution is 2.17. The molecule has 0 saturated carbocycles. The minimum Gasteiger partial charge on any atom is -0.396 e. The summed E-state index contributed by atoms with van der Waals surface area (Å²) in [4.78, 5) is 5.09. The van der Waals surface area contributed by atoms with E-state index in [0.29, 0.717) is 19.8 Å². The summed E-state index contributed by atoms with van der Waals surface area (Å²) < 4.78 is 4.81. The zero-order chi connectivity index (χ0) is 10.2. The Kier molecular flexibility index (Phi) is 7.17. The lowest BCUT2D eigenvalue weighted by molar-refractivity contribution is -0.0179. The predicted octanol–water partition coefficient (Wildman–Crippen LogP) is 0.563. The summed E-state index contributed by atoms with van der Waals surface area (Å²) in [7, 11) is 1.63. The molecule has 1 atom stereocenters. The Morgan fingerprint density at radius 2 is 2.08 bits per heavy atom. The molecular formula is C9H21NO3. The number of aliphatic hydroxyl groups is 1. The van der Waals surface area contributed by atoms with E-state index in [1.807, 2.05) is 13.8 Å². The first-order valence-corrected chi connectivity index (χ1v) is 4.63. The van der Waals surface area contributed by atoms with Crippen LogP contribution in [-0.2, 0) is 9.57 Å². The number of hydrogen-bond donors (Lipinski definition) is 2. The van der Waals surface area contributed by atoms with Gasteiger partial charge in [0.05, 0.1) is 13.2 Å². The molecule has 0 bridgehead atoms. The van der Waals surface area contributed by atoms with Crippen LogP contribution in [0.25, 0.3) is 0 Å². The van der Waals surface area contributed by atoms with E-state index >= 15 is 0 Å². The molecule has 0 amide bonds. The van der Waals surface area contributed by atoms with Gasteiger partial charge in [0.25, 0.3) is 0 Å². The van der Waals surface area contributed by atoms with Crippen molar-refractivity contribution in [2.24, 2.45) is 5.41 Å². The van der Waals surface area contributed by atoms with Gasteiger partial charge in [-0.05, 0) is 6.42 Å². The van der Waals surface area contributed by atoms with E-state index in [1.54, 1.807) is 7.11 Å². The van der Waals surface area contributed by atoms with Gasteiger partial charge in [0.1, 0.15) is 0 Å². The average Bonchev–Trinajstić information content (AvgIpc) is 2.17. The fourth-order valence-electron chi connectivity index (χ4n) is 0.715. The first-order valence-electron chi connectivity index (χ1n) is 4.63. The SMILES string of the molecule is CCC(C)(CO)CNOCCOC. The lowest BCUT2D eigenvalue weighted by atomic mass is 9.89. The molecule has 0 aliphatic carbocycles. The van der Waals surface area contributed by atoms with E-state index in [-0.39, 0.29) is 12.0 Å². The summed E-state index contributed by atoms with van der Waals surface area (Å²) in [5.74, 6) is 0. The highest BCUT2D eigenvalue weighted by molar-refractivity contribution is 4.71. The van der Waals surface area contributed by atoms with Crippen LogP contribution < -0.4 is 5.48 Å². The normalized spacial score (nSPS) is 15.7. The van der Waals surface area contributed by atoms with Gasteiger partial charge in [-0.15, -0.1) is 0 Å². The fourth-order valence-corrected chi connectivity index (χ4v) is 0.715. The first kappa shape index (κ1) is 12.8. The van der Waals surface area contributed by atoms with Crippen LogP contribution in [0.15, 0.2) is 0 Å². The molecule has 0 rings (SSSR count). The molecule has 2 N–H and O–H groups in total. The highest BCUT2D eigenvalue weighted by atomic mass is 16.7. The minimum atomic E-state index is -0.0902. The molecule has 0 aromatic rings. The molecule has 0 spiro atoms. The number of hydrogen-bond acceptors (Lipinski definition) is 4. The maximum absolute atomic E-state index is 9.07. The van der Waals surface area contributed by atoms with Crippen LogP contribution >= 0.6 is 0 Å². The van der Waals surface area contributed by atoms with Crippen molar-refractivity contribution < 1.29 is 14.7 Å². The number of aliphatic hydroxyl groups excluding tert-OH is 1. The molecule has 0 saturated heterocycles. The van der Waals surface area contributed by atoms with Gasteiger partial charge in [-0.1, -0.05) is 13.8 Å². The largest absolute Gasteiger partial charge is 0.396 e. The molecule has 1 unspecified atom stereocenters. The van der Waals surface area contributed by atoms with E-state index in [1.165, 1.54) is 0 Å². The van der Waals surface area contributed by atoms with Crippen molar-refractivity contribution in [3.8, 4) is 0 Å². The van der Waals surface area contributed by atoms with Gasteiger partial charge in [-0.2, -0.15) is 0 Å². The van der Waals surface area contributed by atoms with Gasteiger partial charge in [-0.3, -0.25) is 4.84 Å². The van der Waals surface area contributed by atoms with Crippen LogP contribution in [0.1, 0.15) is 20.3 Å². The minimum absolute atomic E-state index is 0.0902. The van der Waals surface area contributed by atoms with Gasteiger partial charge >= 0.3 is 0 Å². The number of methoxy groups -OCH3 is 1. The standard InChI is InChI=1S/C9H21NO3/c1-4-9(2,8-11)7-10-13-6-5-12-3/h10-11H,4-8H2,1-3H3. The number of ether oxygens (including phenoxy) is 1. The van der Waals surface area contributed by atoms with Gasteiger partial charge in [0.2, 0.25) is 0 Å². The smallest absolute Gasteiger partial charge is 0.0915 e. The molecule has 0 aliphatic rings. The van der Waals surface area contributed by atoms with E-state index in [4.69, 9.17) is 14.7 Å². The number of hydroxylamine groups is 1. The summed E-state index contributed by atoms with van der Waals surface area (Å²) in [6.07, 6.45) is 0.921. The molecule has 0 radical (unpaired) electrons. The van der Waals surface area contributed by atoms with Crippen LogP contribution in [0.2, 0.25) is 0 Å². The van der Waals surface area contributed by atoms with Gasteiger partial charge < -0.3 is 9.84 Å². The second kappa shape index (κ2) is 7.26. The van der Waals surface area contributed by atoms with Crippen molar-refractivity contribution >= 4 is 0 Å². The third-order valence-corrected chi connectivity index (χ3v) is 2.23. The molecule has 0 aromatic heterocycles. The molecule has 4 heteroatoms. The molecule has 0 heterocycles. The van der Waals surface area contributed by atoms with E-state index in [0.717, 1.165) is 6.42 Å². The number of rotatable bonds is 8. The summed E-state index contributed by atoms with van der Waals surface area (Å²) in [5, 5.41) is 9.07. The monoisotopic (exact) mass is 191 g/mol. The summed E-state index contributed by atoms with van der Waals surface area (Å²) >= 11 is 0. The summed E-state index contributed by atoms with van der Waals surface area (Å²) in [5.41, 5.74) is 2.73. The van der Waals surface area contributed by atoms with Crippen LogP contribution in [0.5, 0.6) is 0 Å². The van der Waals surface area contributed by atoms with Crippen molar-refractivity contribution in [3.05, 3.63) is 0 Å². The zero-order valence-corrected chi connectivity index (χ0v) is 8.80. The predicted molar refractivity (Wildman–Crippen MR) is 51.3 cm³/mol. The Hall–Kier alpha value is -0.160. The molecule has 13 heavy (non-hydrogen) atoms. The highest BCUT2D eigenvalue weighted by Gasteiger charge is 2.20. The maximum atomic E-state index is 9.07. The summed E-state index contributed by atoms with van der Waals surface area (Å²) in [6, 6.07) is 0. The third-order valence-electron chi connectivity index (χ3n) is 2.23. The van der Waals surface area contributed by atoms with Crippen molar-refractivity contribution in [3.63, 3.8) is 0 Å². The third kappa shape index (κ3) is 5.99. The van der Waals surface area contributed by atoms with Crippen LogP contribution in [0, 0.1) is 5.41 Å². The summed E-state index contributed by atoms with van der Waals surface area (Å²) in [6.45, 7) is 6.00. The molecule has 0 aliphatic heterocycles. The second-order valence-electron chi connectivity index (χ2n) is 3.48. The maximum Gasteiger partial charge on any atom is 0.0915 e. The Balaban J connectivity index is 3.39. The fraction of sp³-hybridized carbons (Fsp3) is 1.00. The molecule has 4 nitrogen and oxygen atoms in total. The topological polar surface area (TPSA) is 50.7 Å². The van der Waals surface area contributed by atoms with Crippen LogP contribution in [0.4, 0.5) is 0 Å². The molecular weight excluding hydrogens is 170 g/mol. The molecule has 0 aromatic carbocycles. The van der Waals surface area contributed by atoms with E-state index in [9.17, 15) is 0 Å². The van der Waals surface area contributed by atoms with Gasteiger partial charge in [0, 0.05) is 25.7 Å². The van der Waals surface area contributed by atoms with Gasteiger partial charge in [-0.25, -0.2) is 5.48 Å². The number of nitrogens with one attached hydrogen (secondary N) is 1. The van der Waals surface area contributed by atoms with Crippen molar-refractivity contribution in [1.82, 2.24) is 5.48 Å². The lowest BCUT2D eigenvalue weighted by Crippen LogP contribution is -2.34. The lowest BCUT2D eigenvalue weighted by Gasteiger charge is -2.25. The van der Waals surface area contributed by atoms with E-state index < -0.39 is 0 Å². The van der Waals surface area contributed by atoms with Crippen molar-refractivity contribution in [2.75, 3.05) is 33.5 Å². The molecule has 80 valence electrons. The van der Waals surface area contributed by atoms with Crippen LogP contribution in [0.3, 0.4) is 0 Å². The Morgan fingerprint density at radius 1 is 1.38 bits per heavy atom.